The number of rotatable bonds is 8. The van der Waals surface area contributed by atoms with E-state index in [9.17, 15) is 8.78 Å². The van der Waals surface area contributed by atoms with E-state index in [0.717, 1.165) is 18.2 Å². The summed E-state index contributed by atoms with van der Waals surface area (Å²) >= 11 is 1.95. The van der Waals surface area contributed by atoms with Crippen molar-refractivity contribution in [2.45, 2.75) is 77.1 Å². The molecule has 1 saturated heterocycles. The van der Waals surface area contributed by atoms with E-state index in [0.29, 0.717) is 10.8 Å². The average Bonchev–Trinajstić information content (AvgIpc) is 3.36. The van der Waals surface area contributed by atoms with Crippen LogP contribution < -0.4 is 4.31 Å². The van der Waals surface area contributed by atoms with Crippen molar-refractivity contribution in [3.05, 3.63) is 65.5 Å². The normalized spacial score (nSPS) is 16.9. The molecule has 2 heterocycles. The van der Waals surface area contributed by atoms with Crippen molar-refractivity contribution in [2.75, 3.05) is 17.4 Å². The van der Waals surface area contributed by atoms with Crippen LogP contribution in [-0.4, -0.2) is 39.5 Å². The molecule has 0 amide bonds. The van der Waals surface area contributed by atoms with Crippen LogP contribution >= 0.6 is 11.9 Å². The number of aryl methyl sites for hydroxylation is 1. The van der Waals surface area contributed by atoms with Crippen molar-refractivity contribution in [3.63, 3.8) is 0 Å². The van der Waals surface area contributed by atoms with Gasteiger partial charge in [0.15, 0.2) is 0 Å². The molecule has 5 rings (SSSR count). The van der Waals surface area contributed by atoms with Crippen LogP contribution in [0.5, 0.6) is 0 Å². The van der Waals surface area contributed by atoms with Gasteiger partial charge in [-0.15, -0.1) is 10.2 Å². The second kappa shape index (κ2) is 12.7. The third-order valence-corrected chi connectivity index (χ3v) is 8.15. The predicted octanol–water partition coefficient (Wildman–Crippen LogP) is 7.68. The summed E-state index contributed by atoms with van der Waals surface area (Å²) in [6.07, 6.45) is 3.80. The Hall–Kier alpha value is -2.45. The number of hydrogen-bond donors (Lipinski definition) is 0. The molecule has 36 heavy (non-hydrogen) atoms. The monoisotopic (exact) mass is 514 g/mol. The molecule has 2 aromatic carbocycles. The Bertz CT molecular complexity index is 1080. The van der Waals surface area contributed by atoms with Gasteiger partial charge in [0.05, 0.1) is 6.54 Å². The molecule has 1 aliphatic heterocycles. The maximum absolute atomic E-state index is 12.8. The number of hydrogen-bond acceptors (Lipinski definition) is 6. The molecular formula is C28H36F2N4OS. The fourth-order valence-corrected chi connectivity index (χ4v) is 5.85. The van der Waals surface area contributed by atoms with Crippen LogP contribution in [-0.2, 0) is 6.54 Å². The maximum atomic E-state index is 12.8. The fraction of sp³-hybridized carbons (Fsp3) is 0.500. The van der Waals surface area contributed by atoms with E-state index in [1.54, 1.807) is 0 Å². The van der Waals surface area contributed by atoms with Crippen molar-refractivity contribution in [3.8, 4) is 11.5 Å². The van der Waals surface area contributed by atoms with Gasteiger partial charge in [-0.1, -0.05) is 44.5 Å². The minimum absolute atomic E-state index is 0.116. The van der Waals surface area contributed by atoms with Gasteiger partial charge in [-0.25, -0.2) is 0 Å². The molecule has 2 aliphatic rings. The number of benzene rings is 2. The summed E-state index contributed by atoms with van der Waals surface area (Å²) in [4.78, 5) is 2.69. The van der Waals surface area contributed by atoms with Crippen LogP contribution in [0.3, 0.4) is 0 Å². The molecule has 1 aliphatic carbocycles. The number of likely N-dealkylation sites (tertiary alicyclic amines) is 1. The van der Waals surface area contributed by atoms with Crippen LogP contribution in [0.2, 0.25) is 0 Å². The predicted molar refractivity (Wildman–Crippen MR) is 143 cm³/mol. The largest absolute Gasteiger partial charge is 0.415 e. The van der Waals surface area contributed by atoms with Gasteiger partial charge in [0.2, 0.25) is 5.89 Å². The summed E-state index contributed by atoms with van der Waals surface area (Å²) in [7, 11) is 0. The molecule has 8 heteroatoms. The number of aromatic nitrogens is 2. The highest BCUT2D eigenvalue weighted by Crippen LogP contribution is 2.35. The van der Waals surface area contributed by atoms with Gasteiger partial charge >= 0.3 is 6.43 Å². The molecule has 0 unspecified atom stereocenters. The fourth-order valence-electron chi connectivity index (χ4n) is 4.61. The van der Waals surface area contributed by atoms with Gasteiger partial charge in [-0.05, 0) is 93.0 Å². The summed E-state index contributed by atoms with van der Waals surface area (Å²) in [5.74, 6) is -0.533. The van der Waals surface area contributed by atoms with Crippen LogP contribution in [0, 0.1) is 6.92 Å². The third kappa shape index (κ3) is 6.65. The molecule has 2 fully saturated rings. The average molecular weight is 515 g/mol. The van der Waals surface area contributed by atoms with Crippen LogP contribution in [0.4, 0.5) is 14.5 Å². The van der Waals surface area contributed by atoms with Crippen molar-refractivity contribution >= 4 is 17.6 Å². The van der Waals surface area contributed by atoms with Crippen LogP contribution in [0.15, 0.2) is 52.9 Å². The van der Waals surface area contributed by atoms with Gasteiger partial charge < -0.3 is 13.6 Å². The molecular weight excluding hydrogens is 478 g/mol. The maximum Gasteiger partial charge on any atom is 0.314 e. The highest BCUT2D eigenvalue weighted by Gasteiger charge is 2.30. The SMILES string of the molecule is CC.Cc1cccc(N(Cc2ccc(-c3nnc(C(F)F)o3)cc2)SC2CCN(C3CCC3)CC2)c1. The Morgan fingerprint density at radius 1 is 1.03 bits per heavy atom. The van der Waals surface area contributed by atoms with Crippen molar-refractivity contribution in [1.82, 2.24) is 15.1 Å². The molecule has 0 spiro atoms. The summed E-state index contributed by atoms with van der Waals surface area (Å²) < 4.78 is 33.0. The summed E-state index contributed by atoms with van der Waals surface area (Å²) in [5.41, 5.74) is 4.22. The highest BCUT2D eigenvalue weighted by molar-refractivity contribution is 8.01. The van der Waals surface area contributed by atoms with E-state index in [2.05, 4.69) is 50.6 Å². The quantitative estimate of drug-likeness (QED) is 0.287. The standard InChI is InChI=1S/C26H30F2N4OS.C2H6/c1-18-4-2-7-22(16-18)32(34-23-12-14-31(15-13-23)21-5-3-6-21)17-19-8-10-20(11-9-19)25-29-30-26(33-25)24(27)28;1-2/h2,4,7-11,16,21,23-24H,3,5-6,12-15,17H2,1H3;1-2H3. The van der Waals surface area contributed by atoms with Gasteiger partial charge in [0, 0.05) is 22.5 Å². The lowest BCUT2D eigenvalue weighted by molar-refractivity contribution is 0.107. The smallest absolute Gasteiger partial charge is 0.314 e. The van der Waals surface area contributed by atoms with Crippen molar-refractivity contribution < 1.29 is 13.2 Å². The second-order valence-electron chi connectivity index (χ2n) is 9.24. The zero-order chi connectivity index (χ0) is 25.5. The number of alkyl halides is 2. The van der Waals surface area contributed by atoms with Gasteiger partial charge in [0.25, 0.3) is 5.89 Å². The first kappa shape index (κ1) is 26.6. The molecule has 0 radical (unpaired) electrons. The minimum Gasteiger partial charge on any atom is -0.415 e. The summed E-state index contributed by atoms with van der Waals surface area (Å²) in [6.45, 7) is 9.27. The van der Waals surface area contributed by atoms with E-state index < -0.39 is 12.3 Å². The second-order valence-corrected chi connectivity index (χ2v) is 10.6. The van der Waals surface area contributed by atoms with Crippen LogP contribution in [0.1, 0.15) is 69.4 Å². The lowest BCUT2D eigenvalue weighted by Gasteiger charge is -2.42. The summed E-state index contributed by atoms with van der Waals surface area (Å²) in [6, 6.07) is 17.2. The Balaban J connectivity index is 0.00000148. The number of piperidine rings is 1. The van der Waals surface area contributed by atoms with E-state index in [1.807, 2.05) is 50.1 Å². The van der Waals surface area contributed by atoms with Gasteiger partial charge in [-0.3, -0.25) is 0 Å². The molecule has 3 aromatic rings. The number of anilines is 1. The Kier molecular flexibility index (Phi) is 9.37. The Morgan fingerprint density at radius 3 is 2.33 bits per heavy atom. The highest BCUT2D eigenvalue weighted by atomic mass is 32.2. The minimum atomic E-state index is -2.76. The molecule has 1 aromatic heterocycles. The van der Waals surface area contributed by atoms with Gasteiger partial charge in [-0.2, -0.15) is 8.78 Å². The van der Waals surface area contributed by atoms with E-state index in [1.165, 1.54) is 56.4 Å². The van der Waals surface area contributed by atoms with Crippen molar-refractivity contribution in [2.24, 2.45) is 0 Å². The first-order valence-electron chi connectivity index (χ1n) is 13.0. The third-order valence-electron chi connectivity index (χ3n) is 6.79. The molecule has 0 bridgehead atoms. The van der Waals surface area contributed by atoms with Gasteiger partial charge in [0.1, 0.15) is 0 Å². The zero-order valence-corrected chi connectivity index (χ0v) is 22.2. The first-order chi connectivity index (χ1) is 17.5. The number of nitrogens with zero attached hydrogens (tertiary/aromatic N) is 4. The Morgan fingerprint density at radius 2 is 1.75 bits per heavy atom. The molecule has 0 N–H and O–H groups in total. The van der Waals surface area contributed by atoms with Crippen LogP contribution in [0.25, 0.3) is 11.5 Å². The van der Waals surface area contributed by atoms with Crippen molar-refractivity contribution in [1.29, 1.82) is 0 Å². The molecule has 0 atom stereocenters. The number of halogens is 2. The molecule has 194 valence electrons. The van der Waals surface area contributed by atoms with E-state index in [4.69, 9.17) is 4.42 Å². The lowest BCUT2D eigenvalue weighted by atomic mass is 9.90. The Labute approximate surface area is 217 Å². The molecule has 1 saturated carbocycles. The first-order valence-corrected chi connectivity index (χ1v) is 13.8. The molecule has 5 nitrogen and oxygen atoms in total. The summed E-state index contributed by atoms with van der Waals surface area (Å²) in [5, 5.41) is 7.77. The van der Waals surface area contributed by atoms with E-state index >= 15 is 0 Å². The lowest BCUT2D eigenvalue weighted by Crippen LogP contribution is -2.45. The zero-order valence-electron chi connectivity index (χ0n) is 21.4. The van der Waals surface area contributed by atoms with E-state index in [-0.39, 0.29) is 5.89 Å². The topological polar surface area (TPSA) is 45.4 Å².